The molecule has 0 aliphatic rings. The number of amides is 1. The molecule has 0 unspecified atom stereocenters. The van der Waals surface area contributed by atoms with Gasteiger partial charge in [0.05, 0.1) is 17.7 Å². The molecule has 0 aliphatic carbocycles. The van der Waals surface area contributed by atoms with Crippen LogP contribution in [0.3, 0.4) is 0 Å². The molecule has 0 saturated carbocycles. The maximum atomic E-state index is 13.8. The number of carbonyl (C=O) groups is 1. The summed E-state index contributed by atoms with van der Waals surface area (Å²) in [6.07, 6.45) is 0. The molecule has 0 saturated heterocycles. The average molecular weight is 432 g/mol. The Morgan fingerprint density at radius 3 is 2.30 bits per heavy atom. The molecule has 0 heterocycles. The lowest BCUT2D eigenvalue weighted by atomic mass is 10.1. The van der Waals surface area contributed by atoms with E-state index < -0.39 is 33.1 Å². The molecule has 9 heteroatoms. The third kappa shape index (κ3) is 4.41. The van der Waals surface area contributed by atoms with E-state index in [0.29, 0.717) is 11.3 Å². The highest BCUT2D eigenvalue weighted by Crippen LogP contribution is 2.28. The number of benzene rings is 3. The van der Waals surface area contributed by atoms with Crippen molar-refractivity contribution < 1.29 is 26.7 Å². The summed E-state index contributed by atoms with van der Waals surface area (Å²) in [5.41, 5.74) is -0.0435. The maximum Gasteiger partial charge on any atom is 0.262 e. The quantitative estimate of drug-likeness (QED) is 0.607. The van der Waals surface area contributed by atoms with Crippen molar-refractivity contribution in [1.29, 1.82) is 0 Å². The standard InChI is InChI=1S/C21H18F2N2O4S/c1-13-10-11-14(24-21(26)20-15(22)6-5-7-16(20)23)12-19(13)30(27,28)25-17-8-3-4-9-18(17)29-2/h3-12,25H,1-2H3,(H,24,26). The smallest absolute Gasteiger partial charge is 0.262 e. The van der Waals surface area contributed by atoms with Gasteiger partial charge in [-0.15, -0.1) is 0 Å². The van der Waals surface area contributed by atoms with E-state index in [1.165, 1.54) is 31.4 Å². The van der Waals surface area contributed by atoms with Crippen LogP contribution in [0.4, 0.5) is 20.2 Å². The second-order valence-electron chi connectivity index (χ2n) is 6.34. The minimum Gasteiger partial charge on any atom is -0.495 e. The molecule has 1 amide bonds. The number of anilines is 2. The van der Waals surface area contributed by atoms with Crippen molar-refractivity contribution in [3.8, 4) is 5.75 Å². The Bertz CT molecular complexity index is 1190. The van der Waals surface area contributed by atoms with E-state index in [2.05, 4.69) is 10.0 Å². The zero-order valence-electron chi connectivity index (χ0n) is 16.1. The van der Waals surface area contributed by atoms with Crippen molar-refractivity contribution in [1.82, 2.24) is 0 Å². The van der Waals surface area contributed by atoms with Crippen LogP contribution in [-0.2, 0) is 10.0 Å². The number of nitrogens with one attached hydrogen (secondary N) is 2. The van der Waals surface area contributed by atoms with Gasteiger partial charge in [0.25, 0.3) is 15.9 Å². The molecule has 0 spiro atoms. The first-order valence-corrected chi connectivity index (χ1v) is 10.2. The van der Waals surface area contributed by atoms with Gasteiger partial charge in [0, 0.05) is 5.69 Å². The predicted molar refractivity (Wildman–Crippen MR) is 109 cm³/mol. The van der Waals surface area contributed by atoms with Gasteiger partial charge in [0.2, 0.25) is 0 Å². The first-order valence-electron chi connectivity index (χ1n) is 8.75. The number of hydrogen-bond donors (Lipinski definition) is 2. The van der Waals surface area contributed by atoms with E-state index in [4.69, 9.17) is 4.74 Å². The van der Waals surface area contributed by atoms with Gasteiger partial charge in [-0.25, -0.2) is 17.2 Å². The highest BCUT2D eigenvalue weighted by Gasteiger charge is 2.21. The Morgan fingerprint density at radius 1 is 0.967 bits per heavy atom. The van der Waals surface area contributed by atoms with Crippen molar-refractivity contribution >= 4 is 27.3 Å². The topological polar surface area (TPSA) is 84.5 Å². The Hall–Kier alpha value is -3.46. The second-order valence-corrected chi connectivity index (χ2v) is 7.99. The van der Waals surface area contributed by atoms with Crippen LogP contribution in [0.1, 0.15) is 15.9 Å². The monoisotopic (exact) mass is 432 g/mol. The van der Waals surface area contributed by atoms with Crippen LogP contribution >= 0.6 is 0 Å². The van der Waals surface area contributed by atoms with Crippen LogP contribution in [0.5, 0.6) is 5.75 Å². The molecular formula is C21H18F2N2O4S. The second kappa shape index (κ2) is 8.50. The Balaban J connectivity index is 1.92. The van der Waals surface area contributed by atoms with Crippen LogP contribution in [0.15, 0.2) is 65.6 Å². The summed E-state index contributed by atoms with van der Waals surface area (Å²) in [6.45, 7) is 1.58. The molecule has 0 bridgehead atoms. The number of methoxy groups -OCH3 is 1. The number of hydrogen-bond acceptors (Lipinski definition) is 4. The van der Waals surface area contributed by atoms with Crippen molar-refractivity contribution in [2.24, 2.45) is 0 Å². The number of halogens is 2. The molecule has 156 valence electrons. The Kier molecular flexibility index (Phi) is 6.02. The zero-order chi connectivity index (χ0) is 21.9. The SMILES string of the molecule is COc1ccccc1NS(=O)(=O)c1cc(NC(=O)c2c(F)cccc2F)ccc1C. The van der Waals surface area contributed by atoms with E-state index in [0.717, 1.165) is 18.2 Å². The average Bonchev–Trinajstić information content (AvgIpc) is 2.69. The van der Waals surface area contributed by atoms with Crippen LogP contribution in [-0.4, -0.2) is 21.4 Å². The van der Waals surface area contributed by atoms with Gasteiger partial charge in [-0.1, -0.05) is 24.3 Å². The van der Waals surface area contributed by atoms with Gasteiger partial charge < -0.3 is 10.1 Å². The molecule has 3 aromatic carbocycles. The van der Waals surface area contributed by atoms with Crippen LogP contribution in [0, 0.1) is 18.6 Å². The molecule has 3 aromatic rings. The van der Waals surface area contributed by atoms with Crippen molar-refractivity contribution in [2.75, 3.05) is 17.1 Å². The minimum atomic E-state index is -4.05. The molecule has 0 aliphatic heterocycles. The summed E-state index contributed by atoms with van der Waals surface area (Å²) in [6, 6.07) is 13.7. The van der Waals surface area contributed by atoms with E-state index in [1.807, 2.05) is 0 Å². The molecule has 3 rings (SSSR count). The normalized spacial score (nSPS) is 11.1. The number of sulfonamides is 1. The van der Waals surface area contributed by atoms with E-state index in [-0.39, 0.29) is 16.3 Å². The molecule has 6 nitrogen and oxygen atoms in total. The van der Waals surface area contributed by atoms with Crippen LogP contribution in [0.2, 0.25) is 0 Å². The molecule has 30 heavy (non-hydrogen) atoms. The molecule has 0 atom stereocenters. The molecule has 0 radical (unpaired) electrons. The molecule has 2 N–H and O–H groups in total. The number of rotatable bonds is 6. The summed E-state index contributed by atoms with van der Waals surface area (Å²) in [4.78, 5) is 12.2. The fourth-order valence-electron chi connectivity index (χ4n) is 2.80. The lowest BCUT2D eigenvalue weighted by molar-refractivity contribution is 0.101. The van der Waals surface area contributed by atoms with Gasteiger partial charge in [-0.05, 0) is 48.9 Å². The largest absolute Gasteiger partial charge is 0.495 e. The van der Waals surface area contributed by atoms with Gasteiger partial charge in [0.1, 0.15) is 22.9 Å². The number of aryl methyl sites for hydroxylation is 1. The fourth-order valence-corrected chi connectivity index (χ4v) is 4.15. The van der Waals surface area contributed by atoms with Gasteiger partial charge >= 0.3 is 0 Å². The minimum absolute atomic E-state index is 0.0636. The lowest BCUT2D eigenvalue weighted by Gasteiger charge is -2.14. The molecular weight excluding hydrogens is 414 g/mol. The van der Waals surface area contributed by atoms with Crippen molar-refractivity contribution in [3.63, 3.8) is 0 Å². The molecule has 0 aromatic heterocycles. The first kappa shape index (κ1) is 21.3. The summed E-state index contributed by atoms with van der Waals surface area (Å²) >= 11 is 0. The van der Waals surface area contributed by atoms with E-state index >= 15 is 0 Å². The summed E-state index contributed by atoms with van der Waals surface area (Å²) in [7, 11) is -2.63. The highest BCUT2D eigenvalue weighted by molar-refractivity contribution is 7.92. The van der Waals surface area contributed by atoms with Crippen LogP contribution in [0.25, 0.3) is 0 Å². The van der Waals surface area contributed by atoms with Gasteiger partial charge in [-0.2, -0.15) is 0 Å². The third-order valence-electron chi connectivity index (χ3n) is 4.28. The Morgan fingerprint density at radius 2 is 1.63 bits per heavy atom. The lowest BCUT2D eigenvalue weighted by Crippen LogP contribution is -2.18. The third-order valence-corrected chi connectivity index (χ3v) is 5.78. The van der Waals surface area contributed by atoms with E-state index in [9.17, 15) is 22.0 Å². The predicted octanol–water partition coefficient (Wildman–Crippen LogP) is 4.33. The Labute approximate surface area is 172 Å². The number of carbonyl (C=O) groups excluding carboxylic acids is 1. The highest BCUT2D eigenvalue weighted by atomic mass is 32.2. The maximum absolute atomic E-state index is 13.8. The summed E-state index contributed by atoms with van der Waals surface area (Å²) in [5.74, 6) is -2.75. The van der Waals surface area contributed by atoms with E-state index in [1.54, 1.807) is 25.1 Å². The first-order chi connectivity index (χ1) is 14.2. The van der Waals surface area contributed by atoms with Crippen molar-refractivity contribution in [3.05, 3.63) is 83.4 Å². The molecule has 0 fully saturated rings. The number of ether oxygens (including phenoxy) is 1. The van der Waals surface area contributed by atoms with Gasteiger partial charge in [-0.3, -0.25) is 9.52 Å². The van der Waals surface area contributed by atoms with Crippen LogP contribution < -0.4 is 14.8 Å². The number of para-hydroxylation sites is 2. The van der Waals surface area contributed by atoms with Crippen molar-refractivity contribution in [2.45, 2.75) is 11.8 Å². The zero-order valence-corrected chi connectivity index (χ0v) is 16.9. The van der Waals surface area contributed by atoms with Gasteiger partial charge in [0.15, 0.2) is 0 Å². The summed E-state index contributed by atoms with van der Waals surface area (Å²) in [5, 5.41) is 2.33. The fraction of sp³-hybridized carbons (Fsp3) is 0.0952. The summed E-state index contributed by atoms with van der Waals surface area (Å²) < 4.78 is 61.1.